The lowest BCUT2D eigenvalue weighted by molar-refractivity contribution is -0.176. The maximum absolute atomic E-state index is 13.2. The molecule has 0 radical (unpaired) electrons. The first-order valence-corrected chi connectivity index (χ1v) is 6.90. The number of rotatable bonds is 2. The van der Waals surface area contributed by atoms with Crippen molar-refractivity contribution < 1.29 is 13.2 Å². The highest BCUT2D eigenvalue weighted by molar-refractivity contribution is 5.30. The Bertz CT molecular complexity index is 408. The van der Waals surface area contributed by atoms with E-state index in [1.54, 1.807) is 19.1 Å². The highest BCUT2D eigenvalue weighted by Gasteiger charge is 2.50. The molecule has 20 heavy (non-hydrogen) atoms. The number of allylic oxidation sites excluding steroid dienone is 1. The van der Waals surface area contributed by atoms with Gasteiger partial charge in [-0.1, -0.05) is 6.08 Å². The van der Waals surface area contributed by atoms with Gasteiger partial charge in [-0.3, -0.25) is 0 Å². The molecule has 3 nitrogen and oxygen atoms in total. The van der Waals surface area contributed by atoms with Gasteiger partial charge in [0, 0.05) is 17.3 Å². The Morgan fingerprint density at radius 2 is 1.95 bits per heavy atom. The zero-order valence-electron chi connectivity index (χ0n) is 11.9. The number of piperidine rings is 1. The molecule has 2 rings (SSSR count). The summed E-state index contributed by atoms with van der Waals surface area (Å²) in [6, 6.07) is 0.110. The lowest BCUT2D eigenvalue weighted by atomic mass is 9.79. The Morgan fingerprint density at radius 3 is 2.50 bits per heavy atom. The monoisotopic (exact) mass is 289 g/mol. The predicted octanol–water partition coefficient (Wildman–Crippen LogP) is 2.02. The van der Waals surface area contributed by atoms with E-state index in [9.17, 15) is 13.2 Å². The van der Waals surface area contributed by atoms with Crippen molar-refractivity contribution >= 4 is 0 Å². The Labute approximate surface area is 117 Å². The molecule has 0 bridgehead atoms. The van der Waals surface area contributed by atoms with Crippen LogP contribution in [0.1, 0.15) is 19.8 Å². The number of hydrogen-bond acceptors (Lipinski definition) is 3. The highest BCUT2D eigenvalue weighted by atomic mass is 19.4. The maximum atomic E-state index is 13.2. The fourth-order valence-electron chi connectivity index (χ4n) is 2.96. The van der Waals surface area contributed by atoms with Gasteiger partial charge in [-0.05, 0) is 52.1 Å². The molecule has 1 aliphatic heterocycles. The van der Waals surface area contributed by atoms with Crippen molar-refractivity contribution in [3.63, 3.8) is 0 Å². The minimum atomic E-state index is -4.30. The number of hydrogen-bond donors (Lipinski definition) is 2. The summed E-state index contributed by atoms with van der Waals surface area (Å²) >= 11 is 0. The van der Waals surface area contributed by atoms with Crippen LogP contribution in [0, 0.1) is 5.92 Å². The number of likely N-dealkylation sites (tertiary alicyclic amines) is 1. The number of nitrogens with zero attached hydrogens (tertiary/aromatic N) is 1. The van der Waals surface area contributed by atoms with E-state index in [2.05, 4.69) is 10.2 Å². The van der Waals surface area contributed by atoms with Crippen LogP contribution in [0.2, 0.25) is 0 Å². The molecule has 0 saturated carbocycles. The van der Waals surface area contributed by atoms with Gasteiger partial charge in [0.15, 0.2) is 0 Å². The van der Waals surface area contributed by atoms with Gasteiger partial charge in [0.2, 0.25) is 0 Å². The summed E-state index contributed by atoms with van der Waals surface area (Å²) in [6.07, 6.45) is 1.65. The van der Waals surface area contributed by atoms with Gasteiger partial charge in [-0.2, -0.15) is 13.2 Å². The third-order valence-electron chi connectivity index (χ3n) is 4.21. The second-order valence-corrected chi connectivity index (χ2v) is 6.02. The number of halogens is 3. The predicted molar refractivity (Wildman–Crippen MR) is 73.0 cm³/mol. The van der Waals surface area contributed by atoms with Crippen LogP contribution >= 0.6 is 0 Å². The van der Waals surface area contributed by atoms with Gasteiger partial charge in [0.05, 0.1) is 5.92 Å². The van der Waals surface area contributed by atoms with Crippen LogP contribution < -0.4 is 11.1 Å². The maximum Gasteiger partial charge on any atom is 0.397 e. The molecule has 1 fully saturated rings. The Balaban J connectivity index is 2.13. The van der Waals surface area contributed by atoms with E-state index >= 15 is 0 Å². The average molecular weight is 289 g/mol. The molecule has 3 N–H and O–H groups in total. The van der Waals surface area contributed by atoms with Gasteiger partial charge >= 0.3 is 6.18 Å². The topological polar surface area (TPSA) is 41.3 Å². The fourth-order valence-corrected chi connectivity index (χ4v) is 2.96. The molecular weight excluding hydrogens is 267 g/mol. The summed E-state index contributed by atoms with van der Waals surface area (Å²) in [5.41, 5.74) is 4.59. The van der Waals surface area contributed by atoms with E-state index in [0.717, 1.165) is 32.0 Å². The van der Waals surface area contributed by atoms with Crippen molar-refractivity contribution in [2.45, 2.75) is 37.5 Å². The van der Waals surface area contributed by atoms with Gasteiger partial charge in [0.25, 0.3) is 0 Å². The largest absolute Gasteiger partial charge is 0.399 e. The zero-order chi connectivity index (χ0) is 15.0. The first-order valence-electron chi connectivity index (χ1n) is 6.90. The zero-order valence-corrected chi connectivity index (χ0v) is 11.9. The van der Waals surface area contributed by atoms with Crippen LogP contribution in [0.3, 0.4) is 0 Å². The van der Waals surface area contributed by atoms with Crippen molar-refractivity contribution in [3.05, 3.63) is 23.9 Å². The lowest BCUT2D eigenvalue weighted by Gasteiger charge is -2.42. The Hall–Kier alpha value is -1.01. The minimum absolute atomic E-state index is 0.110. The third kappa shape index (κ3) is 3.35. The molecule has 0 aromatic rings. The van der Waals surface area contributed by atoms with Gasteiger partial charge in [-0.15, -0.1) is 0 Å². The van der Waals surface area contributed by atoms with E-state index in [1.165, 1.54) is 0 Å². The molecule has 1 saturated heterocycles. The van der Waals surface area contributed by atoms with Crippen LogP contribution in [-0.4, -0.2) is 42.8 Å². The summed E-state index contributed by atoms with van der Waals surface area (Å²) in [6.45, 7) is 3.42. The molecule has 2 aliphatic rings. The second kappa shape index (κ2) is 5.41. The van der Waals surface area contributed by atoms with E-state index in [1.807, 2.05) is 7.05 Å². The number of alkyl halides is 3. The smallest absolute Gasteiger partial charge is 0.397 e. The Kier molecular flexibility index (Phi) is 4.16. The fraction of sp³-hybridized carbons (Fsp3) is 0.714. The van der Waals surface area contributed by atoms with Crippen LogP contribution in [0.4, 0.5) is 13.2 Å². The molecule has 0 spiro atoms. The summed E-state index contributed by atoms with van der Waals surface area (Å²) in [7, 11) is 2.03. The summed E-state index contributed by atoms with van der Waals surface area (Å²) in [5.74, 6) is -1.58. The van der Waals surface area contributed by atoms with Crippen LogP contribution in [0.15, 0.2) is 23.9 Å². The normalized spacial score (nSPS) is 33.2. The first kappa shape index (κ1) is 15.4. The standard InChI is InChI=1S/C14H22F3N3/c1-13(19-11-4-7-20(2)8-5-11)6-3-10(18)9-12(13)14(15,16)17/h3,6,9,11-12,19H,4-5,7-8,18H2,1-2H3. The average Bonchev–Trinajstić information content (AvgIpc) is 2.34. The molecule has 114 valence electrons. The third-order valence-corrected chi connectivity index (χ3v) is 4.21. The van der Waals surface area contributed by atoms with Crippen molar-refractivity contribution in [2.24, 2.45) is 11.7 Å². The minimum Gasteiger partial charge on any atom is -0.399 e. The van der Waals surface area contributed by atoms with E-state index in [0.29, 0.717) is 0 Å². The molecule has 2 unspecified atom stereocenters. The van der Waals surface area contributed by atoms with E-state index in [4.69, 9.17) is 5.73 Å². The van der Waals surface area contributed by atoms with Gasteiger partial charge < -0.3 is 16.0 Å². The van der Waals surface area contributed by atoms with Crippen molar-refractivity contribution in [1.82, 2.24) is 10.2 Å². The molecule has 1 aliphatic carbocycles. The molecule has 2 atom stereocenters. The molecule has 0 aromatic carbocycles. The quantitative estimate of drug-likeness (QED) is 0.817. The van der Waals surface area contributed by atoms with Crippen molar-refractivity contribution in [3.8, 4) is 0 Å². The van der Waals surface area contributed by atoms with Gasteiger partial charge in [-0.25, -0.2) is 0 Å². The Morgan fingerprint density at radius 1 is 1.35 bits per heavy atom. The summed E-state index contributed by atoms with van der Waals surface area (Å²) < 4.78 is 39.7. The van der Waals surface area contributed by atoms with E-state index < -0.39 is 17.6 Å². The number of nitrogens with one attached hydrogen (secondary N) is 1. The number of nitrogens with two attached hydrogens (primary N) is 1. The van der Waals surface area contributed by atoms with Crippen LogP contribution in [-0.2, 0) is 0 Å². The van der Waals surface area contributed by atoms with Crippen molar-refractivity contribution in [2.75, 3.05) is 20.1 Å². The highest BCUT2D eigenvalue weighted by Crippen LogP contribution is 2.39. The van der Waals surface area contributed by atoms with Crippen molar-refractivity contribution in [1.29, 1.82) is 0 Å². The molecular formula is C14H22F3N3. The van der Waals surface area contributed by atoms with Crippen LogP contribution in [0.25, 0.3) is 0 Å². The summed E-state index contributed by atoms with van der Waals surface area (Å²) in [5, 5.41) is 3.20. The molecule has 6 heteroatoms. The van der Waals surface area contributed by atoms with Crippen LogP contribution in [0.5, 0.6) is 0 Å². The van der Waals surface area contributed by atoms with E-state index in [-0.39, 0.29) is 11.7 Å². The lowest BCUT2D eigenvalue weighted by Crippen LogP contribution is -2.58. The van der Waals surface area contributed by atoms with Gasteiger partial charge in [0.1, 0.15) is 0 Å². The first-order chi connectivity index (χ1) is 9.21. The molecule has 1 heterocycles. The molecule has 0 amide bonds. The summed E-state index contributed by atoms with van der Waals surface area (Å²) in [4.78, 5) is 2.19. The molecule has 0 aromatic heterocycles. The SMILES string of the molecule is CN1CCC(NC2(C)C=CC(N)=CC2C(F)(F)F)CC1. The second-order valence-electron chi connectivity index (χ2n) is 6.02.